The highest BCUT2D eigenvalue weighted by Crippen LogP contribution is 2.24. The van der Waals surface area contributed by atoms with Crippen LogP contribution in [0.25, 0.3) is 0 Å². The van der Waals surface area contributed by atoms with Gasteiger partial charge in [0.15, 0.2) is 0 Å². The highest BCUT2D eigenvalue weighted by atomic mass is 16.5. The molecule has 0 radical (unpaired) electrons. The normalized spacial score (nSPS) is 13.9. The molecule has 0 aliphatic carbocycles. The van der Waals surface area contributed by atoms with E-state index in [9.17, 15) is 14.4 Å². The Labute approximate surface area is 156 Å². The fraction of sp³-hybridized carbons (Fsp3) is 0.250. The molecule has 1 aliphatic rings. The minimum atomic E-state index is -0.908. The number of hydrogen-bond donors (Lipinski definition) is 1. The van der Waals surface area contributed by atoms with Crippen molar-refractivity contribution in [1.82, 2.24) is 10.2 Å². The summed E-state index contributed by atoms with van der Waals surface area (Å²) in [6.07, 6.45) is 0. The number of methoxy groups -OCH3 is 1. The number of imide groups is 1. The van der Waals surface area contributed by atoms with Crippen molar-refractivity contribution in [1.29, 1.82) is 0 Å². The lowest BCUT2D eigenvalue weighted by Gasteiger charge is -2.21. The lowest BCUT2D eigenvalue weighted by molar-refractivity contribution is -0.124. The fourth-order valence-electron chi connectivity index (χ4n) is 2.86. The summed E-state index contributed by atoms with van der Waals surface area (Å²) in [4.78, 5) is 38.2. The number of benzene rings is 2. The van der Waals surface area contributed by atoms with Gasteiger partial charge in [0.1, 0.15) is 24.1 Å². The molecule has 1 heterocycles. The van der Waals surface area contributed by atoms with Crippen molar-refractivity contribution < 1.29 is 23.9 Å². The van der Waals surface area contributed by atoms with Crippen LogP contribution in [0.4, 0.5) is 0 Å². The highest BCUT2D eigenvalue weighted by molar-refractivity contribution is 6.22. The molecule has 0 fully saturated rings. The summed E-state index contributed by atoms with van der Waals surface area (Å²) in [7, 11) is 1.57. The molecule has 27 heavy (non-hydrogen) atoms. The molecule has 3 rings (SSSR count). The molecule has 0 saturated heterocycles. The summed E-state index contributed by atoms with van der Waals surface area (Å²) in [5.74, 6) is -0.0247. The van der Waals surface area contributed by atoms with Crippen molar-refractivity contribution in [3.63, 3.8) is 0 Å². The number of ether oxygens (including phenoxy) is 2. The molecule has 3 amide bonds. The summed E-state index contributed by atoms with van der Waals surface area (Å²) in [6.45, 7) is 2.01. The predicted octanol–water partition coefficient (Wildman–Crippen LogP) is 1.87. The van der Waals surface area contributed by atoms with E-state index >= 15 is 0 Å². The van der Waals surface area contributed by atoms with Gasteiger partial charge in [0.2, 0.25) is 5.91 Å². The van der Waals surface area contributed by atoms with Crippen LogP contribution in [0.2, 0.25) is 0 Å². The zero-order chi connectivity index (χ0) is 19.4. The van der Waals surface area contributed by atoms with E-state index in [0.717, 1.165) is 4.90 Å². The lowest BCUT2D eigenvalue weighted by Crippen LogP contribution is -2.48. The Kier molecular flexibility index (Phi) is 5.40. The largest absolute Gasteiger partial charge is 0.497 e. The zero-order valence-corrected chi connectivity index (χ0v) is 15.1. The maximum Gasteiger partial charge on any atom is 0.262 e. The second-order valence-electron chi connectivity index (χ2n) is 6.02. The first-order chi connectivity index (χ1) is 13.0. The molecular formula is C20H20N2O5. The standard InChI is InChI=1S/C20H20N2O5/c1-13(22-19(24)16-8-3-4-9-17(16)20(22)25)18(23)21-10-11-27-15-7-5-6-14(12-15)26-2/h3-9,12-13H,10-11H2,1-2H3,(H,21,23). The van der Waals surface area contributed by atoms with Gasteiger partial charge in [-0.3, -0.25) is 19.3 Å². The van der Waals surface area contributed by atoms with E-state index in [0.29, 0.717) is 22.6 Å². The van der Waals surface area contributed by atoms with Crippen LogP contribution in [-0.2, 0) is 4.79 Å². The minimum Gasteiger partial charge on any atom is -0.497 e. The van der Waals surface area contributed by atoms with Crippen LogP contribution < -0.4 is 14.8 Å². The number of nitrogens with one attached hydrogen (secondary N) is 1. The van der Waals surface area contributed by atoms with E-state index in [4.69, 9.17) is 9.47 Å². The second kappa shape index (κ2) is 7.90. The maximum absolute atomic E-state index is 12.4. The molecule has 2 aromatic carbocycles. The molecule has 0 spiro atoms. The van der Waals surface area contributed by atoms with Crippen LogP contribution >= 0.6 is 0 Å². The van der Waals surface area contributed by atoms with Crippen molar-refractivity contribution in [2.75, 3.05) is 20.3 Å². The number of fused-ring (bicyclic) bond motifs is 1. The van der Waals surface area contributed by atoms with E-state index in [-0.39, 0.29) is 13.2 Å². The predicted molar refractivity (Wildman–Crippen MR) is 97.9 cm³/mol. The molecule has 2 aromatic rings. The minimum absolute atomic E-state index is 0.240. The van der Waals surface area contributed by atoms with Crippen LogP contribution in [-0.4, -0.2) is 48.9 Å². The molecule has 0 saturated carbocycles. The van der Waals surface area contributed by atoms with Crippen LogP contribution in [0.1, 0.15) is 27.6 Å². The van der Waals surface area contributed by atoms with Crippen LogP contribution in [0.3, 0.4) is 0 Å². The van der Waals surface area contributed by atoms with Crippen molar-refractivity contribution in [2.45, 2.75) is 13.0 Å². The summed E-state index contributed by atoms with van der Waals surface area (Å²) >= 11 is 0. The van der Waals surface area contributed by atoms with Crippen molar-refractivity contribution in [3.05, 3.63) is 59.7 Å². The van der Waals surface area contributed by atoms with Gasteiger partial charge in [-0.05, 0) is 31.2 Å². The molecule has 7 nitrogen and oxygen atoms in total. The second-order valence-corrected chi connectivity index (χ2v) is 6.02. The van der Waals surface area contributed by atoms with Gasteiger partial charge in [0.25, 0.3) is 11.8 Å². The van der Waals surface area contributed by atoms with Gasteiger partial charge in [-0.15, -0.1) is 0 Å². The van der Waals surface area contributed by atoms with Gasteiger partial charge in [0.05, 0.1) is 24.8 Å². The van der Waals surface area contributed by atoms with Gasteiger partial charge in [0, 0.05) is 6.07 Å². The maximum atomic E-state index is 12.4. The Morgan fingerprint density at radius 1 is 1.04 bits per heavy atom. The SMILES string of the molecule is COc1cccc(OCCNC(=O)C(C)N2C(=O)c3ccccc3C2=O)c1. The number of amides is 3. The van der Waals surface area contributed by atoms with Gasteiger partial charge in [-0.25, -0.2) is 0 Å². The molecule has 0 aromatic heterocycles. The monoisotopic (exact) mass is 368 g/mol. The number of carbonyl (C=O) groups excluding carboxylic acids is 3. The van der Waals surface area contributed by atoms with E-state index in [2.05, 4.69) is 5.32 Å². The van der Waals surface area contributed by atoms with E-state index in [1.807, 2.05) is 0 Å². The third kappa shape index (κ3) is 3.76. The van der Waals surface area contributed by atoms with Crippen LogP contribution in [0.15, 0.2) is 48.5 Å². The van der Waals surface area contributed by atoms with Crippen molar-refractivity contribution >= 4 is 17.7 Å². The molecule has 1 unspecified atom stereocenters. The molecule has 1 N–H and O–H groups in total. The molecule has 7 heteroatoms. The summed E-state index contributed by atoms with van der Waals surface area (Å²) in [5.41, 5.74) is 0.645. The quantitative estimate of drug-likeness (QED) is 0.596. The van der Waals surface area contributed by atoms with Crippen molar-refractivity contribution in [2.24, 2.45) is 0 Å². The number of hydrogen-bond acceptors (Lipinski definition) is 5. The Morgan fingerprint density at radius 2 is 1.67 bits per heavy atom. The average molecular weight is 368 g/mol. The molecule has 1 atom stereocenters. The van der Waals surface area contributed by atoms with Gasteiger partial charge in [-0.1, -0.05) is 18.2 Å². The Balaban J connectivity index is 1.53. The Bertz CT molecular complexity index is 845. The number of nitrogens with zero attached hydrogens (tertiary/aromatic N) is 1. The van der Waals surface area contributed by atoms with E-state index in [1.165, 1.54) is 6.92 Å². The first-order valence-electron chi connectivity index (χ1n) is 8.54. The first-order valence-corrected chi connectivity index (χ1v) is 8.54. The first kappa shape index (κ1) is 18.4. The van der Waals surface area contributed by atoms with Crippen molar-refractivity contribution in [3.8, 4) is 11.5 Å². The van der Waals surface area contributed by atoms with Crippen LogP contribution in [0, 0.1) is 0 Å². The topological polar surface area (TPSA) is 84.9 Å². The Morgan fingerprint density at radius 3 is 2.30 bits per heavy atom. The number of carbonyl (C=O) groups is 3. The third-order valence-corrected chi connectivity index (χ3v) is 4.30. The molecule has 140 valence electrons. The molecule has 0 bridgehead atoms. The zero-order valence-electron chi connectivity index (χ0n) is 15.1. The summed E-state index contributed by atoms with van der Waals surface area (Å²) in [5, 5.41) is 2.68. The highest BCUT2D eigenvalue weighted by Gasteiger charge is 2.40. The molecule has 1 aliphatic heterocycles. The smallest absolute Gasteiger partial charge is 0.262 e. The summed E-state index contributed by atoms with van der Waals surface area (Å²) < 4.78 is 10.7. The fourth-order valence-corrected chi connectivity index (χ4v) is 2.86. The van der Waals surface area contributed by atoms with Gasteiger partial charge < -0.3 is 14.8 Å². The molecular weight excluding hydrogens is 348 g/mol. The van der Waals surface area contributed by atoms with Gasteiger partial charge >= 0.3 is 0 Å². The Hall–Kier alpha value is -3.35. The van der Waals surface area contributed by atoms with Gasteiger partial charge in [-0.2, -0.15) is 0 Å². The lowest BCUT2D eigenvalue weighted by atomic mass is 10.1. The van der Waals surface area contributed by atoms with E-state index in [1.54, 1.807) is 55.6 Å². The summed E-state index contributed by atoms with van der Waals surface area (Å²) in [6, 6.07) is 12.8. The van der Waals surface area contributed by atoms with Crippen LogP contribution in [0.5, 0.6) is 11.5 Å². The average Bonchev–Trinajstić information content (AvgIpc) is 2.95. The van der Waals surface area contributed by atoms with E-state index < -0.39 is 23.8 Å². The third-order valence-electron chi connectivity index (χ3n) is 4.30. The number of rotatable bonds is 7.